The van der Waals surface area contributed by atoms with Gasteiger partial charge in [-0.1, -0.05) is 0 Å². The van der Waals surface area contributed by atoms with Crippen molar-refractivity contribution in [3.8, 4) is 0 Å². The second-order valence-electron chi connectivity index (χ2n) is 5.73. The molecule has 4 unspecified atom stereocenters. The van der Waals surface area contributed by atoms with Crippen LogP contribution in [0.4, 0.5) is 4.79 Å². The maximum absolute atomic E-state index is 12.2. The number of hydrogen-bond donors (Lipinski definition) is 7. The summed E-state index contributed by atoms with van der Waals surface area (Å²) in [5.74, 6) is -3.04. The Labute approximate surface area is 144 Å². The molecule has 4 atom stereocenters. The van der Waals surface area contributed by atoms with Crippen LogP contribution in [0.5, 0.6) is 0 Å². The van der Waals surface area contributed by atoms with Crippen molar-refractivity contribution in [2.75, 3.05) is 13.6 Å². The molecule has 0 aromatic rings. The minimum atomic E-state index is -1.59. The topological polar surface area (TPSA) is 200 Å². The maximum Gasteiger partial charge on any atom is 0.328 e. The van der Waals surface area contributed by atoms with Crippen LogP contribution in [-0.4, -0.2) is 76.9 Å². The van der Waals surface area contributed by atoms with Crippen LogP contribution in [0.25, 0.3) is 0 Å². The number of likely N-dealkylation sites (N-methyl/N-ethyl adjacent to an activating group) is 1. The highest BCUT2D eigenvalue weighted by atomic mass is 16.4. The Morgan fingerprint density at radius 2 is 1.72 bits per heavy atom. The van der Waals surface area contributed by atoms with Crippen LogP contribution < -0.4 is 27.5 Å². The van der Waals surface area contributed by atoms with Crippen LogP contribution in [-0.2, 0) is 14.4 Å². The van der Waals surface area contributed by atoms with Gasteiger partial charge in [-0.2, -0.15) is 0 Å². The average molecular weight is 362 g/mol. The van der Waals surface area contributed by atoms with Crippen LogP contribution in [0.2, 0.25) is 0 Å². The van der Waals surface area contributed by atoms with E-state index >= 15 is 0 Å². The minimum Gasteiger partial charge on any atom is -0.480 e. The van der Waals surface area contributed by atoms with E-state index in [0.29, 0.717) is 6.54 Å². The van der Waals surface area contributed by atoms with Gasteiger partial charge in [-0.25, -0.2) is 14.6 Å². The van der Waals surface area contributed by atoms with E-state index in [1.165, 1.54) is 19.0 Å². The molecule has 0 rings (SSSR count). The third-order valence-electron chi connectivity index (χ3n) is 2.93. The lowest BCUT2D eigenvalue weighted by atomic mass is 10.1. The predicted molar refractivity (Wildman–Crippen MR) is 86.8 cm³/mol. The minimum absolute atomic E-state index is 0.237. The SMILES string of the molecule is CC(N)CN(C)NC(=O)C(CC(N)=O)NC(=O)NC(C(=O)O)C(C)O. The van der Waals surface area contributed by atoms with Crippen molar-refractivity contribution in [1.29, 1.82) is 0 Å². The van der Waals surface area contributed by atoms with Crippen LogP contribution in [0, 0.1) is 0 Å². The molecule has 144 valence electrons. The van der Waals surface area contributed by atoms with E-state index < -0.39 is 48.4 Å². The van der Waals surface area contributed by atoms with Crippen molar-refractivity contribution < 1.29 is 29.4 Å². The normalized spacial score (nSPS) is 15.6. The third kappa shape index (κ3) is 9.44. The average Bonchev–Trinajstić information content (AvgIpc) is 2.41. The van der Waals surface area contributed by atoms with E-state index in [0.717, 1.165) is 0 Å². The molecule has 0 spiro atoms. The van der Waals surface area contributed by atoms with Gasteiger partial charge in [0.25, 0.3) is 5.91 Å². The monoisotopic (exact) mass is 362 g/mol. The fourth-order valence-electron chi connectivity index (χ4n) is 1.88. The Kier molecular flexibility index (Phi) is 9.41. The van der Waals surface area contributed by atoms with Gasteiger partial charge in [-0.05, 0) is 13.8 Å². The first-order valence-corrected chi connectivity index (χ1v) is 7.47. The van der Waals surface area contributed by atoms with E-state index in [-0.39, 0.29) is 6.04 Å². The zero-order valence-corrected chi connectivity index (χ0v) is 14.4. The lowest BCUT2D eigenvalue weighted by Crippen LogP contribution is -2.58. The van der Waals surface area contributed by atoms with Crippen LogP contribution in [0.1, 0.15) is 20.3 Å². The number of hydrazine groups is 1. The van der Waals surface area contributed by atoms with Crippen molar-refractivity contribution in [2.24, 2.45) is 11.5 Å². The number of rotatable bonds is 10. The molecule has 0 aromatic carbocycles. The van der Waals surface area contributed by atoms with Crippen molar-refractivity contribution in [3.63, 3.8) is 0 Å². The summed E-state index contributed by atoms with van der Waals surface area (Å²) in [5.41, 5.74) is 13.1. The zero-order chi connectivity index (χ0) is 19.7. The zero-order valence-electron chi connectivity index (χ0n) is 14.4. The molecule has 0 aliphatic carbocycles. The van der Waals surface area contributed by atoms with E-state index in [2.05, 4.69) is 10.7 Å². The molecule has 0 aliphatic rings. The van der Waals surface area contributed by atoms with E-state index in [1.54, 1.807) is 6.92 Å². The van der Waals surface area contributed by atoms with Gasteiger partial charge >= 0.3 is 12.0 Å². The number of carbonyl (C=O) groups is 4. The van der Waals surface area contributed by atoms with Crippen molar-refractivity contribution >= 4 is 23.8 Å². The molecule has 9 N–H and O–H groups in total. The molecule has 0 bridgehead atoms. The maximum atomic E-state index is 12.2. The van der Waals surface area contributed by atoms with Crippen molar-refractivity contribution in [3.05, 3.63) is 0 Å². The van der Waals surface area contributed by atoms with E-state index in [1.807, 2.05) is 5.32 Å². The number of carboxylic acid groups (broad SMARTS) is 1. The second-order valence-corrected chi connectivity index (χ2v) is 5.73. The first kappa shape index (κ1) is 22.6. The number of aliphatic hydroxyl groups is 1. The molecule has 12 heteroatoms. The Bertz CT molecular complexity index is 497. The Hall–Kier alpha value is -2.44. The third-order valence-corrected chi connectivity index (χ3v) is 2.93. The molecule has 12 nitrogen and oxygen atoms in total. The van der Waals surface area contributed by atoms with Crippen LogP contribution >= 0.6 is 0 Å². The van der Waals surface area contributed by atoms with E-state index in [4.69, 9.17) is 16.6 Å². The quantitative estimate of drug-likeness (QED) is 0.196. The number of amides is 4. The van der Waals surface area contributed by atoms with Crippen molar-refractivity contribution in [1.82, 2.24) is 21.1 Å². The molecule has 0 aromatic heterocycles. The van der Waals surface area contributed by atoms with Gasteiger partial charge in [0.05, 0.1) is 12.5 Å². The number of carbonyl (C=O) groups excluding carboxylic acids is 3. The van der Waals surface area contributed by atoms with Gasteiger partial charge in [-0.15, -0.1) is 0 Å². The number of primary amides is 1. The first-order chi connectivity index (χ1) is 11.4. The highest BCUT2D eigenvalue weighted by Gasteiger charge is 2.28. The number of nitrogens with zero attached hydrogens (tertiary/aromatic N) is 1. The predicted octanol–water partition coefficient (Wildman–Crippen LogP) is -3.33. The number of aliphatic hydroxyl groups excluding tert-OH is 1. The number of hydrogen-bond acceptors (Lipinski definition) is 7. The van der Waals surface area contributed by atoms with Crippen molar-refractivity contribution in [2.45, 2.75) is 44.5 Å². The van der Waals surface area contributed by atoms with Gasteiger partial charge in [0, 0.05) is 19.6 Å². The first-order valence-electron chi connectivity index (χ1n) is 7.47. The fourth-order valence-corrected chi connectivity index (χ4v) is 1.88. The molecule has 0 fully saturated rings. The molecule has 0 radical (unpaired) electrons. The number of aliphatic carboxylic acids is 1. The standard InChI is InChI=1S/C13H26N6O6/c1-6(14)5-19(3)18-11(22)8(4-9(15)21)16-13(25)17-10(7(2)20)12(23)24/h6-8,10,20H,4-5,14H2,1-3H3,(H2,15,21)(H,18,22)(H,23,24)(H2,16,17,25). The molecule has 0 heterocycles. The van der Waals surface area contributed by atoms with Gasteiger partial charge < -0.3 is 32.3 Å². The van der Waals surface area contributed by atoms with Crippen LogP contribution in [0.15, 0.2) is 0 Å². The van der Waals surface area contributed by atoms with Crippen LogP contribution in [0.3, 0.4) is 0 Å². The largest absolute Gasteiger partial charge is 0.480 e. The summed E-state index contributed by atoms with van der Waals surface area (Å²) in [6.45, 7) is 3.21. The lowest BCUT2D eigenvalue weighted by Gasteiger charge is -2.24. The molecule has 0 aliphatic heterocycles. The number of nitrogens with one attached hydrogen (secondary N) is 3. The number of nitrogens with two attached hydrogens (primary N) is 2. The molecule has 25 heavy (non-hydrogen) atoms. The van der Waals surface area contributed by atoms with Gasteiger partial charge in [-0.3, -0.25) is 15.0 Å². The second kappa shape index (κ2) is 10.4. The Morgan fingerprint density at radius 1 is 1.16 bits per heavy atom. The summed E-state index contributed by atoms with van der Waals surface area (Å²) in [4.78, 5) is 46.1. The summed E-state index contributed by atoms with van der Waals surface area (Å²) >= 11 is 0. The molecular weight excluding hydrogens is 336 g/mol. The Morgan fingerprint density at radius 3 is 2.12 bits per heavy atom. The number of carboxylic acids is 1. The molecule has 0 saturated carbocycles. The molecular formula is C13H26N6O6. The summed E-state index contributed by atoms with van der Waals surface area (Å²) in [6, 6.07) is -4.21. The van der Waals surface area contributed by atoms with Gasteiger partial charge in [0.15, 0.2) is 6.04 Å². The Balaban J connectivity index is 4.91. The smallest absolute Gasteiger partial charge is 0.328 e. The lowest BCUT2D eigenvalue weighted by molar-refractivity contribution is -0.141. The number of urea groups is 1. The van der Waals surface area contributed by atoms with Gasteiger partial charge in [0.1, 0.15) is 6.04 Å². The molecule has 4 amide bonds. The van der Waals surface area contributed by atoms with E-state index in [9.17, 15) is 24.3 Å². The highest BCUT2D eigenvalue weighted by molar-refractivity contribution is 5.92. The summed E-state index contributed by atoms with van der Waals surface area (Å²) < 4.78 is 0. The molecule has 0 saturated heterocycles. The highest BCUT2D eigenvalue weighted by Crippen LogP contribution is 1.97. The summed E-state index contributed by atoms with van der Waals surface area (Å²) in [6.07, 6.45) is -1.87. The summed E-state index contributed by atoms with van der Waals surface area (Å²) in [5, 5.41) is 23.8. The summed E-state index contributed by atoms with van der Waals surface area (Å²) in [7, 11) is 1.54. The fraction of sp³-hybridized carbons (Fsp3) is 0.692. The van der Waals surface area contributed by atoms with Gasteiger partial charge in [0.2, 0.25) is 5.91 Å².